The van der Waals surface area contributed by atoms with Crippen LogP contribution in [-0.2, 0) is 4.74 Å². The number of carbonyl (C=O) groups excluding carboxylic acids is 2. The van der Waals surface area contributed by atoms with Gasteiger partial charge in [-0.2, -0.15) is 0 Å². The number of para-hydroxylation sites is 1. The number of hydrogen-bond donors (Lipinski definition) is 0. The topological polar surface area (TPSA) is 89.7 Å². The van der Waals surface area contributed by atoms with Gasteiger partial charge in [-0.05, 0) is 31.5 Å². The van der Waals surface area contributed by atoms with Crippen LogP contribution in [0.25, 0.3) is 11.0 Å². The summed E-state index contributed by atoms with van der Waals surface area (Å²) in [6.45, 7) is 3.65. The van der Waals surface area contributed by atoms with Crippen LogP contribution in [0.2, 0.25) is 0 Å². The van der Waals surface area contributed by atoms with E-state index in [1.165, 1.54) is 4.90 Å². The summed E-state index contributed by atoms with van der Waals surface area (Å²) in [6, 6.07) is 15.4. The highest BCUT2D eigenvalue weighted by Gasteiger charge is 2.45. The number of fused-ring (bicyclic) bond motifs is 2. The van der Waals surface area contributed by atoms with Crippen molar-refractivity contribution in [2.45, 2.75) is 19.9 Å². The molecule has 1 amide bonds. The van der Waals surface area contributed by atoms with Crippen molar-refractivity contribution in [3.8, 4) is 0 Å². The first-order valence-electron chi connectivity index (χ1n) is 10.1. The van der Waals surface area contributed by atoms with Crippen LogP contribution in [0.1, 0.15) is 50.0 Å². The predicted molar refractivity (Wildman–Crippen MR) is 120 cm³/mol. The van der Waals surface area contributed by atoms with Crippen molar-refractivity contribution in [1.29, 1.82) is 0 Å². The lowest BCUT2D eigenvalue weighted by Gasteiger charge is -2.22. The average Bonchev–Trinajstić information content (AvgIpc) is 3.32. The molecule has 0 saturated carbocycles. The van der Waals surface area contributed by atoms with Gasteiger partial charge in [0, 0.05) is 0 Å². The van der Waals surface area contributed by atoms with Gasteiger partial charge in [0.05, 0.1) is 29.3 Å². The SMILES string of the molecule is CCOC(=O)c1sc(N2C(=O)c3oc4ccccc4c(=O)c3[C@H]2c2ccccc2)nc1C. The number of nitrogens with zero attached hydrogens (tertiary/aromatic N) is 2. The van der Waals surface area contributed by atoms with Gasteiger partial charge in [0.2, 0.25) is 5.76 Å². The third-order valence-corrected chi connectivity index (χ3v) is 6.48. The molecular formula is C24H18N2O5S. The molecule has 0 spiro atoms. The van der Waals surface area contributed by atoms with Gasteiger partial charge in [0.1, 0.15) is 10.5 Å². The van der Waals surface area contributed by atoms with Crippen LogP contribution in [0.15, 0.2) is 63.8 Å². The summed E-state index contributed by atoms with van der Waals surface area (Å²) in [5.74, 6) is -0.969. The number of ether oxygens (including phenoxy) is 1. The minimum absolute atomic E-state index is 0.00640. The zero-order chi connectivity index (χ0) is 22.4. The summed E-state index contributed by atoms with van der Waals surface area (Å²) in [6.07, 6.45) is 0. The first-order valence-corrected chi connectivity index (χ1v) is 10.9. The summed E-state index contributed by atoms with van der Waals surface area (Å²) in [7, 11) is 0. The maximum atomic E-state index is 13.5. The Morgan fingerprint density at radius 3 is 2.59 bits per heavy atom. The van der Waals surface area contributed by atoms with E-state index >= 15 is 0 Å². The molecule has 0 unspecified atom stereocenters. The Hall–Kier alpha value is -3.78. The van der Waals surface area contributed by atoms with Gasteiger partial charge in [0.15, 0.2) is 10.6 Å². The Morgan fingerprint density at radius 1 is 1.12 bits per heavy atom. The second kappa shape index (κ2) is 7.72. The fraction of sp³-hybridized carbons (Fsp3) is 0.167. The monoisotopic (exact) mass is 446 g/mol. The highest BCUT2D eigenvalue weighted by atomic mass is 32.1. The number of esters is 1. The van der Waals surface area contributed by atoms with Gasteiger partial charge in [0.25, 0.3) is 5.91 Å². The molecule has 32 heavy (non-hydrogen) atoms. The second-order valence-electron chi connectivity index (χ2n) is 7.29. The highest BCUT2D eigenvalue weighted by molar-refractivity contribution is 7.17. The van der Waals surface area contributed by atoms with Gasteiger partial charge >= 0.3 is 5.97 Å². The molecule has 2 aromatic heterocycles. The molecule has 5 rings (SSSR count). The predicted octanol–water partition coefficient (Wildman–Crippen LogP) is 4.48. The molecule has 160 valence electrons. The van der Waals surface area contributed by atoms with E-state index in [2.05, 4.69) is 4.98 Å². The van der Waals surface area contributed by atoms with E-state index < -0.39 is 17.9 Å². The molecule has 0 bridgehead atoms. The third kappa shape index (κ3) is 3.03. The number of aryl methyl sites for hydroxylation is 1. The molecule has 4 aromatic rings. The van der Waals surface area contributed by atoms with Crippen molar-refractivity contribution in [3.05, 3.63) is 92.3 Å². The zero-order valence-electron chi connectivity index (χ0n) is 17.3. The largest absolute Gasteiger partial charge is 0.462 e. The Kier molecular flexibility index (Phi) is 4.86. The van der Waals surface area contributed by atoms with Crippen molar-refractivity contribution in [2.75, 3.05) is 11.5 Å². The molecule has 1 aliphatic heterocycles. The summed E-state index contributed by atoms with van der Waals surface area (Å²) < 4.78 is 11.0. The number of anilines is 1. The first kappa shape index (κ1) is 20.1. The average molecular weight is 446 g/mol. The van der Waals surface area contributed by atoms with Gasteiger partial charge in [-0.15, -0.1) is 0 Å². The molecule has 0 aliphatic carbocycles. The van der Waals surface area contributed by atoms with Gasteiger partial charge in [-0.3, -0.25) is 14.5 Å². The lowest BCUT2D eigenvalue weighted by molar-refractivity contribution is 0.0531. The fourth-order valence-corrected chi connectivity index (χ4v) is 4.93. The first-order chi connectivity index (χ1) is 15.5. The third-order valence-electron chi connectivity index (χ3n) is 5.35. The summed E-state index contributed by atoms with van der Waals surface area (Å²) in [5.41, 5.74) is 1.56. The maximum absolute atomic E-state index is 13.5. The second-order valence-corrected chi connectivity index (χ2v) is 8.27. The van der Waals surface area contributed by atoms with E-state index in [4.69, 9.17) is 9.15 Å². The molecule has 8 heteroatoms. The molecule has 0 radical (unpaired) electrons. The minimum Gasteiger partial charge on any atom is -0.462 e. The van der Waals surface area contributed by atoms with Crippen LogP contribution in [0.5, 0.6) is 0 Å². The summed E-state index contributed by atoms with van der Waals surface area (Å²) in [4.78, 5) is 45.6. The lowest BCUT2D eigenvalue weighted by atomic mass is 9.99. The van der Waals surface area contributed by atoms with Crippen molar-refractivity contribution in [3.63, 3.8) is 0 Å². The number of thiazole rings is 1. The molecule has 7 nitrogen and oxygen atoms in total. The van der Waals surface area contributed by atoms with Crippen molar-refractivity contribution >= 4 is 39.3 Å². The standard InChI is InChI=1S/C24H18N2O5S/c1-3-30-23(29)21-13(2)25-24(32-21)26-18(14-9-5-4-6-10-14)17-19(27)15-11-7-8-12-16(15)31-20(17)22(26)28/h4-12,18H,3H2,1-2H3/t18-/m1/s1. The lowest BCUT2D eigenvalue weighted by Crippen LogP contribution is -2.29. The molecular weight excluding hydrogens is 428 g/mol. The molecule has 0 N–H and O–H groups in total. The van der Waals surface area contributed by atoms with E-state index in [1.807, 2.05) is 30.3 Å². The number of hydrogen-bond acceptors (Lipinski definition) is 7. The summed E-state index contributed by atoms with van der Waals surface area (Å²) >= 11 is 1.06. The van der Waals surface area contributed by atoms with E-state index in [-0.39, 0.29) is 23.4 Å². The molecule has 0 saturated heterocycles. The summed E-state index contributed by atoms with van der Waals surface area (Å²) in [5, 5.41) is 0.712. The molecule has 1 atom stereocenters. The smallest absolute Gasteiger partial charge is 0.350 e. The van der Waals surface area contributed by atoms with Crippen LogP contribution < -0.4 is 10.3 Å². The van der Waals surface area contributed by atoms with Crippen LogP contribution in [-0.4, -0.2) is 23.5 Å². The van der Waals surface area contributed by atoms with Gasteiger partial charge in [-0.1, -0.05) is 53.8 Å². The normalized spacial score (nSPS) is 15.2. The van der Waals surface area contributed by atoms with Crippen LogP contribution >= 0.6 is 11.3 Å². The van der Waals surface area contributed by atoms with E-state index in [0.29, 0.717) is 26.7 Å². The van der Waals surface area contributed by atoms with Crippen LogP contribution in [0, 0.1) is 6.92 Å². The Morgan fingerprint density at radius 2 is 1.84 bits per heavy atom. The quantitative estimate of drug-likeness (QED) is 0.429. The van der Waals surface area contributed by atoms with Crippen molar-refractivity contribution in [2.24, 2.45) is 0 Å². The molecule has 0 fully saturated rings. The van der Waals surface area contributed by atoms with Crippen LogP contribution in [0.3, 0.4) is 0 Å². The minimum atomic E-state index is -0.722. The van der Waals surface area contributed by atoms with E-state index in [9.17, 15) is 14.4 Å². The van der Waals surface area contributed by atoms with Gasteiger partial charge in [-0.25, -0.2) is 9.78 Å². The molecule has 3 heterocycles. The number of aromatic nitrogens is 1. The number of amides is 1. The van der Waals surface area contributed by atoms with E-state index in [0.717, 1.165) is 16.9 Å². The van der Waals surface area contributed by atoms with Crippen molar-refractivity contribution < 1.29 is 18.7 Å². The zero-order valence-corrected chi connectivity index (χ0v) is 18.1. The Labute approximate surface area is 186 Å². The highest BCUT2D eigenvalue weighted by Crippen LogP contribution is 2.43. The molecule has 1 aliphatic rings. The maximum Gasteiger partial charge on any atom is 0.350 e. The number of rotatable bonds is 4. The van der Waals surface area contributed by atoms with Crippen LogP contribution in [0.4, 0.5) is 5.13 Å². The molecule has 2 aromatic carbocycles. The number of carbonyl (C=O) groups is 2. The Balaban J connectivity index is 1.74. The fourth-order valence-electron chi connectivity index (χ4n) is 3.94. The van der Waals surface area contributed by atoms with Crippen molar-refractivity contribution in [1.82, 2.24) is 4.98 Å². The van der Waals surface area contributed by atoms with E-state index in [1.54, 1.807) is 38.1 Å². The van der Waals surface area contributed by atoms with Gasteiger partial charge < -0.3 is 9.15 Å². The Bertz CT molecular complexity index is 1420. The number of benzene rings is 2.